The largest absolute Gasteiger partial charge is 0.492 e. The SMILES string of the molecule is C=C(c1c(N)c(C(=O)OCC)nn1-c1ccc(C#N)cc1OCC)C(F)(F)F. The fraction of sp³-hybridized carbons (Fsp3) is 0.278. The number of allylic oxidation sites excluding steroid dienone is 1. The van der Waals surface area contributed by atoms with Crippen LogP contribution in [0.25, 0.3) is 11.3 Å². The van der Waals surface area contributed by atoms with Gasteiger partial charge in [0.25, 0.3) is 0 Å². The summed E-state index contributed by atoms with van der Waals surface area (Å²) >= 11 is 0. The summed E-state index contributed by atoms with van der Waals surface area (Å²) in [6.45, 7) is 6.43. The van der Waals surface area contributed by atoms with Gasteiger partial charge < -0.3 is 15.2 Å². The Morgan fingerprint density at radius 3 is 2.57 bits per heavy atom. The highest BCUT2D eigenvalue weighted by Crippen LogP contribution is 2.39. The van der Waals surface area contributed by atoms with E-state index in [1.807, 2.05) is 6.07 Å². The van der Waals surface area contributed by atoms with Crippen molar-refractivity contribution >= 4 is 17.2 Å². The number of nitrogen functional groups attached to an aromatic ring is 1. The Kier molecular flexibility index (Phi) is 5.98. The maximum atomic E-state index is 13.3. The van der Waals surface area contributed by atoms with Crippen LogP contribution in [0, 0.1) is 11.3 Å². The van der Waals surface area contributed by atoms with Crippen LogP contribution < -0.4 is 10.5 Å². The number of nitriles is 1. The molecule has 7 nitrogen and oxygen atoms in total. The summed E-state index contributed by atoms with van der Waals surface area (Å²) in [7, 11) is 0. The molecule has 0 radical (unpaired) electrons. The molecular formula is C18H17F3N4O3. The standard InChI is InChI=1S/C18H17F3N4O3/c1-4-27-13-8-11(9-22)6-7-12(13)25-16(10(3)18(19,20)21)14(23)15(24-25)17(26)28-5-2/h6-8H,3-5,23H2,1-2H3. The number of benzene rings is 1. The van der Waals surface area contributed by atoms with Gasteiger partial charge >= 0.3 is 12.1 Å². The lowest BCUT2D eigenvalue weighted by molar-refractivity contribution is -0.0690. The van der Waals surface area contributed by atoms with Gasteiger partial charge in [0.1, 0.15) is 17.1 Å². The zero-order valence-corrected chi connectivity index (χ0v) is 15.1. The Labute approximate surface area is 158 Å². The second-order valence-corrected chi connectivity index (χ2v) is 5.45. The number of hydrogen-bond donors (Lipinski definition) is 1. The molecule has 2 rings (SSSR count). The number of anilines is 1. The molecule has 0 aliphatic carbocycles. The summed E-state index contributed by atoms with van der Waals surface area (Å²) in [5.74, 6) is -0.878. The molecule has 0 aliphatic heterocycles. The zero-order valence-electron chi connectivity index (χ0n) is 15.1. The highest BCUT2D eigenvalue weighted by molar-refractivity contribution is 5.96. The van der Waals surface area contributed by atoms with Crippen molar-refractivity contribution in [2.75, 3.05) is 18.9 Å². The zero-order chi connectivity index (χ0) is 21.1. The number of aromatic nitrogens is 2. The summed E-state index contributed by atoms with van der Waals surface area (Å²) < 4.78 is 51.1. The lowest BCUT2D eigenvalue weighted by Crippen LogP contribution is -2.15. The second-order valence-electron chi connectivity index (χ2n) is 5.45. The average Bonchev–Trinajstić information content (AvgIpc) is 2.97. The fourth-order valence-electron chi connectivity index (χ4n) is 2.41. The number of halogens is 3. The third-order valence-corrected chi connectivity index (χ3v) is 3.64. The molecule has 28 heavy (non-hydrogen) atoms. The predicted octanol–water partition coefficient (Wildman–Crippen LogP) is 3.48. The predicted molar refractivity (Wildman–Crippen MR) is 94.9 cm³/mol. The number of esters is 1. The van der Waals surface area contributed by atoms with Gasteiger partial charge in [-0.15, -0.1) is 0 Å². The van der Waals surface area contributed by atoms with E-state index in [0.29, 0.717) is 0 Å². The number of alkyl halides is 3. The van der Waals surface area contributed by atoms with Crippen LogP contribution in [0.4, 0.5) is 18.9 Å². The smallest absolute Gasteiger partial charge is 0.417 e. The fourth-order valence-corrected chi connectivity index (χ4v) is 2.41. The van der Waals surface area contributed by atoms with Gasteiger partial charge in [-0.1, -0.05) is 6.58 Å². The van der Waals surface area contributed by atoms with E-state index in [2.05, 4.69) is 11.7 Å². The number of hydrogen-bond acceptors (Lipinski definition) is 6. The van der Waals surface area contributed by atoms with Crippen LogP contribution >= 0.6 is 0 Å². The van der Waals surface area contributed by atoms with Gasteiger partial charge in [0.05, 0.1) is 36.1 Å². The Hall–Kier alpha value is -3.48. The molecule has 0 bridgehead atoms. The van der Waals surface area contributed by atoms with E-state index in [1.54, 1.807) is 6.92 Å². The third kappa shape index (κ3) is 3.93. The minimum atomic E-state index is -4.82. The molecule has 0 spiro atoms. The Balaban J connectivity index is 2.80. The Morgan fingerprint density at radius 2 is 2.04 bits per heavy atom. The third-order valence-electron chi connectivity index (χ3n) is 3.64. The first kappa shape index (κ1) is 20.8. The van der Waals surface area contributed by atoms with Crippen LogP contribution in [0.3, 0.4) is 0 Å². The Morgan fingerprint density at radius 1 is 1.36 bits per heavy atom. The van der Waals surface area contributed by atoms with Crippen molar-refractivity contribution in [3.63, 3.8) is 0 Å². The summed E-state index contributed by atoms with van der Waals surface area (Å²) in [4.78, 5) is 12.1. The second kappa shape index (κ2) is 8.04. The molecule has 0 atom stereocenters. The summed E-state index contributed by atoms with van der Waals surface area (Å²) in [5, 5.41) is 13.0. The topological polar surface area (TPSA) is 103 Å². The van der Waals surface area contributed by atoms with E-state index in [9.17, 15) is 18.0 Å². The van der Waals surface area contributed by atoms with E-state index < -0.39 is 34.8 Å². The highest BCUT2D eigenvalue weighted by Gasteiger charge is 2.39. The molecule has 0 saturated carbocycles. The monoisotopic (exact) mass is 394 g/mol. The van der Waals surface area contributed by atoms with E-state index in [0.717, 1.165) is 4.68 Å². The summed E-state index contributed by atoms with van der Waals surface area (Å²) in [5.41, 5.74) is 3.20. The summed E-state index contributed by atoms with van der Waals surface area (Å²) in [6.07, 6.45) is -4.82. The van der Waals surface area contributed by atoms with Gasteiger partial charge in [-0.25, -0.2) is 9.48 Å². The molecule has 10 heteroatoms. The van der Waals surface area contributed by atoms with Crippen LogP contribution in [0.15, 0.2) is 24.8 Å². The Bertz CT molecular complexity index is 958. The van der Waals surface area contributed by atoms with Crippen molar-refractivity contribution in [3.05, 3.63) is 41.7 Å². The van der Waals surface area contributed by atoms with E-state index >= 15 is 0 Å². The first-order valence-electron chi connectivity index (χ1n) is 8.15. The van der Waals surface area contributed by atoms with Crippen molar-refractivity contribution in [1.29, 1.82) is 5.26 Å². The van der Waals surface area contributed by atoms with Crippen molar-refractivity contribution in [1.82, 2.24) is 9.78 Å². The highest BCUT2D eigenvalue weighted by atomic mass is 19.4. The molecule has 0 saturated heterocycles. The van der Waals surface area contributed by atoms with Crippen molar-refractivity contribution < 1.29 is 27.4 Å². The number of carbonyl (C=O) groups is 1. The molecule has 1 aromatic heterocycles. The molecule has 2 N–H and O–H groups in total. The van der Waals surface area contributed by atoms with Gasteiger partial charge in [0.2, 0.25) is 0 Å². The van der Waals surface area contributed by atoms with Crippen molar-refractivity contribution in [2.45, 2.75) is 20.0 Å². The lowest BCUT2D eigenvalue weighted by atomic mass is 10.1. The number of rotatable bonds is 6. The van der Waals surface area contributed by atoms with E-state index in [-0.39, 0.29) is 30.2 Å². The van der Waals surface area contributed by atoms with Crippen LogP contribution in [0.5, 0.6) is 5.75 Å². The maximum Gasteiger partial charge on any atom is 0.417 e. The molecular weight excluding hydrogens is 377 g/mol. The van der Waals surface area contributed by atoms with Gasteiger partial charge in [0.15, 0.2) is 5.69 Å². The quantitative estimate of drug-likeness (QED) is 0.753. The molecule has 0 aliphatic rings. The van der Waals surface area contributed by atoms with Crippen molar-refractivity contribution in [3.8, 4) is 17.5 Å². The molecule has 0 amide bonds. The number of ether oxygens (including phenoxy) is 2. The number of nitrogens with zero attached hydrogens (tertiary/aromatic N) is 3. The van der Waals surface area contributed by atoms with E-state index in [1.165, 1.54) is 25.1 Å². The average molecular weight is 394 g/mol. The molecule has 148 valence electrons. The first-order valence-corrected chi connectivity index (χ1v) is 8.15. The molecule has 1 heterocycles. The van der Waals surface area contributed by atoms with Crippen molar-refractivity contribution in [2.24, 2.45) is 0 Å². The van der Waals surface area contributed by atoms with Crippen LogP contribution in [0.2, 0.25) is 0 Å². The van der Waals surface area contributed by atoms with Gasteiger partial charge in [0, 0.05) is 6.07 Å². The minimum Gasteiger partial charge on any atom is -0.492 e. The van der Waals surface area contributed by atoms with Crippen LogP contribution in [-0.4, -0.2) is 35.1 Å². The first-order chi connectivity index (χ1) is 13.1. The number of nitrogens with two attached hydrogens (primary N) is 1. The van der Waals surface area contributed by atoms with Crippen LogP contribution in [-0.2, 0) is 4.74 Å². The molecule has 2 aromatic rings. The van der Waals surface area contributed by atoms with E-state index in [4.69, 9.17) is 20.5 Å². The van der Waals surface area contributed by atoms with Gasteiger partial charge in [-0.05, 0) is 26.0 Å². The number of carbonyl (C=O) groups excluding carboxylic acids is 1. The molecule has 1 aromatic carbocycles. The minimum absolute atomic E-state index is 0.0122. The lowest BCUT2D eigenvalue weighted by Gasteiger charge is -2.16. The molecule has 0 unspecified atom stereocenters. The molecule has 0 fully saturated rings. The maximum absolute atomic E-state index is 13.3. The van der Waals surface area contributed by atoms with Gasteiger partial charge in [-0.2, -0.15) is 23.5 Å². The summed E-state index contributed by atoms with van der Waals surface area (Å²) in [6, 6.07) is 5.98. The van der Waals surface area contributed by atoms with Gasteiger partial charge in [-0.3, -0.25) is 0 Å². The normalized spacial score (nSPS) is 11.0. The van der Waals surface area contributed by atoms with Crippen LogP contribution in [0.1, 0.15) is 35.6 Å².